The molecule has 0 aliphatic heterocycles. The second-order valence-electron chi connectivity index (χ2n) is 5.25. The van der Waals surface area contributed by atoms with Crippen molar-refractivity contribution in [1.29, 1.82) is 0 Å². The first-order valence-electron chi connectivity index (χ1n) is 6.95. The molecule has 0 saturated heterocycles. The Morgan fingerprint density at radius 2 is 1.04 bits per heavy atom. The Bertz CT molecular complexity index is 487. The maximum absolute atomic E-state index is 13.4. The fourth-order valence-electron chi connectivity index (χ4n) is 1.82. The zero-order valence-electron chi connectivity index (χ0n) is 13.5. The molecule has 0 spiro atoms. The largest absolute Gasteiger partial charge is 1.00 e. The van der Waals surface area contributed by atoms with Crippen molar-refractivity contribution in [2.45, 2.75) is 62.2 Å². The molecule has 0 aromatic rings. The molecule has 0 aromatic carbocycles. The number of rotatable bonds is 12. The summed E-state index contributed by atoms with van der Waals surface area (Å²) in [5.74, 6) is -2.08. The van der Waals surface area contributed by atoms with E-state index in [0.29, 0.717) is 0 Å². The third-order valence-corrected chi connectivity index (χ3v) is 3.92. The topological polar surface area (TPSA) is 57.2 Å². The van der Waals surface area contributed by atoms with Crippen LogP contribution in [0.5, 0.6) is 0 Å². The van der Waals surface area contributed by atoms with Gasteiger partial charge in [0.05, 0.1) is 22.5 Å². The van der Waals surface area contributed by atoms with Gasteiger partial charge in [-0.25, -0.2) is 43.5 Å². The van der Waals surface area contributed by atoms with Crippen molar-refractivity contribution in [2.75, 3.05) is 12.4 Å². The molecular formula is C12H16F9KO3S. The quantitative estimate of drug-likeness (QED) is 0.239. The van der Waals surface area contributed by atoms with Crippen LogP contribution in [0.1, 0.15) is 12.8 Å². The van der Waals surface area contributed by atoms with Gasteiger partial charge in [0.1, 0.15) is 12.3 Å². The summed E-state index contributed by atoms with van der Waals surface area (Å²) in [5.41, 5.74) is 0. The van der Waals surface area contributed by atoms with E-state index >= 15 is 0 Å². The molecule has 0 N–H and O–H groups in total. The van der Waals surface area contributed by atoms with E-state index in [-0.39, 0.29) is 51.4 Å². The summed E-state index contributed by atoms with van der Waals surface area (Å²) in [6.45, 7) is -1.09. The number of alkyl halides is 9. The van der Waals surface area contributed by atoms with E-state index in [0.717, 1.165) is 0 Å². The van der Waals surface area contributed by atoms with Crippen LogP contribution in [0.4, 0.5) is 39.5 Å². The van der Waals surface area contributed by atoms with Crippen molar-refractivity contribution < 1.29 is 104 Å². The maximum atomic E-state index is 13.4. The first kappa shape index (κ1) is 29.1. The Morgan fingerprint density at radius 3 is 1.38 bits per heavy atom. The van der Waals surface area contributed by atoms with Gasteiger partial charge in [-0.05, 0) is 12.8 Å². The van der Waals surface area contributed by atoms with E-state index in [9.17, 15) is 52.5 Å². The molecule has 0 aromatic heterocycles. The number of hydrogen-bond acceptors (Lipinski definition) is 3. The zero-order chi connectivity index (χ0) is 19.9. The van der Waals surface area contributed by atoms with Gasteiger partial charge in [0.15, 0.2) is 37.0 Å². The van der Waals surface area contributed by atoms with Crippen molar-refractivity contribution in [3.05, 3.63) is 0 Å². The van der Waals surface area contributed by atoms with Crippen molar-refractivity contribution >= 4 is 10.1 Å². The Morgan fingerprint density at radius 1 is 0.692 bits per heavy atom. The number of halogens is 9. The summed E-state index contributed by atoms with van der Waals surface area (Å²) >= 11 is 0. The van der Waals surface area contributed by atoms with Crippen LogP contribution in [0.2, 0.25) is 0 Å². The maximum Gasteiger partial charge on any atom is 1.00 e. The summed E-state index contributed by atoms with van der Waals surface area (Å²) in [4.78, 5) is 0. The van der Waals surface area contributed by atoms with Gasteiger partial charge in [-0.3, -0.25) is 4.39 Å². The van der Waals surface area contributed by atoms with Crippen LogP contribution in [-0.4, -0.2) is 74.8 Å². The Balaban J connectivity index is 0. The molecule has 152 valence electrons. The molecule has 8 unspecified atom stereocenters. The fraction of sp³-hybridized carbons (Fsp3) is 1.00. The van der Waals surface area contributed by atoms with E-state index in [2.05, 4.69) is 0 Å². The van der Waals surface area contributed by atoms with E-state index in [1.165, 1.54) is 0 Å². The summed E-state index contributed by atoms with van der Waals surface area (Å²) in [6.07, 6.45) is -29.4. The van der Waals surface area contributed by atoms with Gasteiger partial charge in [0.25, 0.3) is 0 Å². The van der Waals surface area contributed by atoms with Gasteiger partial charge >= 0.3 is 51.4 Å². The molecule has 26 heavy (non-hydrogen) atoms. The second kappa shape index (κ2) is 13.2. The van der Waals surface area contributed by atoms with Crippen LogP contribution in [0, 0.1) is 0 Å². The SMILES string of the molecule is O=S(=O)([O-])CC(F)C(F)C(F)C(F)C(F)C(F)C(F)C(F)CCCF.[K+]. The zero-order valence-corrected chi connectivity index (χ0v) is 17.4. The second-order valence-corrected chi connectivity index (χ2v) is 6.70. The van der Waals surface area contributed by atoms with E-state index in [4.69, 9.17) is 0 Å². The summed E-state index contributed by atoms with van der Waals surface area (Å²) in [6, 6.07) is 0. The van der Waals surface area contributed by atoms with Crippen LogP contribution in [-0.2, 0) is 10.1 Å². The fourth-order valence-corrected chi connectivity index (χ4v) is 2.39. The van der Waals surface area contributed by atoms with E-state index in [1.54, 1.807) is 0 Å². The van der Waals surface area contributed by atoms with Gasteiger partial charge in [0.2, 0.25) is 0 Å². The average molecular weight is 450 g/mol. The third-order valence-electron chi connectivity index (χ3n) is 3.19. The Hall–Kier alpha value is 0.916. The predicted octanol–water partition coefficient (Wildman–Crippen LogP) is -0.00990. The van der Waals surface area contributed by atoms with Crippen molar-refractivity contribution in [2.24, 2.45) is 0 Å². The summed E-state index contributed by atoms with van der Waals surface area (Å²) in [7, 11) is -5.36. The minimum Gasteiger partial charge on any atom is -0.748 e. The molecule has 0 rings (SSSR count). The predicted molar refractivity (Wildman–Crippen MR) is 68.9 cm³/mol. The molecule has 0 amide bonds. The third kappa shape index (κ3) is 9.91. The minimum atomic E-state index is -5.36. The molecule has 0 aliphatic carbocycles. The average Bonchev–Trinajstić information content (AvgIpc) is 2.53. The van der Waals surface area contributed by atoms with Crippen LogP contribution >= 0.6 is 0 Å². The first-order valence-corrected chi connectivity index (χ1v) is 8.53. The van der Waals surface area contributed by atoms with Crippen LogP contribution in [0.15, 0.2) is 0 Å². The standard InChI is InChI=1S/C12H17F9O3S.K/c13-3-1-2-5(14)7(16)9(18)11(20)12(21)10(19)8(17)6(15)4-25(22,23)24;/h5-12H,1-4H2,(H,22,23,24);/q;+1/p-1. The molecule has 3 nitrogen and oxygen atoms in total. The molecule has 0 heterocycles. The van der Waals surface area contributed by atoms with Crippen LogP contribution < -0.4 is 51.4 Å². The summed E-state index contributed by atoms with van der Waals surface area (Å²) in [5, 5.41) is 0. The monoisotopic (exact) mass is 450 g/mol. The van der Waals surface area contributed by atoms with Crippen molar-refractivity contribution in [1.82, 2.24) is 0 Å². The van der Waals surface area contributed by atoms with Gasteiger partial charge in [-0.1, -0.05) is 0 Å². The Kier molecular flexibility index (Phi) is 14.8. The molecular weight excluding hydrogens is 434 g/mol. The van der Waals surface area contributed by atoms with Crippen molar-refractivity contribution in [3.8, 4) is 0 Å². The normalized spacial score (nSPS) is 21.6. The molecule has 0 fully saturated rings. The van der Waals surface area contributed by atoms with Crippen LogP contribution in [0.3, 0.4) is 0 Å². The van der Waals surface area contributed by atoms with Crippen LogP contribution in [0.25, 0.3) is 0 Å². The molecule has 0 radical (unpaired) electrons. The number of hydrogen-bond donors (Lipinski definition) is 0. The summed E-state index contributed by atoms with van der Waals surface area (Å²) < 4.78 is 149. The molecule has 0 bridgehead atoms. The van der Waals surface area contributed by atoms with Gasteiger partial charge < -0.3 is 4.55 Å². The van der Waals surface area contributed by atoms with Gasteiger partial charge in [-0.15, -0.1) is 0 Å². The minimum absolute atomic E-state index is 0. The molecule has 0 saturated carbocycles. The van der Waals surface area contributed by atoms with Gasteiger partial charge in [-0.2, -0.15) is 0 Å². The van der Waals surface area contributed by atoms with Crippen molar-refractivity contribution in [3.63, 3.8) is 0 Å². The smallest absolute Gasteiger partial charge is 0.748 e. The van der Waals surface area contributed by atoms with E-state index in [1.807, 2.05) is 0 Å². The molecule has 8 atom stereocenters. The van der Waals surface area contributed by atoms with E-state index < -0.39 is 84.8 Å². The molecule has 14 heteroatoms. The molecule has 0 aliphatic rings. The van der Waals surface area contributed by atoms with Gasteiger partial charge in [0, 0.05) is 0 Å². The first-order chi connectivity index (χ1) is 11.3. The Labute approximate surface area is 187 Å².